The Morgan fingerprint density at radius 1 is 0.549 bits per heavy atom. The number of hydrogen-bond donors (Lipinski definition) is 0. The van der Waals surface area contributed by atoms with Crippen LogP contribution >= 0.6 is 0 Å². The molecular formula is C42H69NaO7S. The molecular weight excluding hydrogens is 672 g/mol. The van der Waals surface area contributed by atoms with Crippen LogP contribution in [0.3, 0.4) is 0 Å². The first-order valence-electron chi connectivity index (χ1n) is 20.1. The van der Waals surface area contributed by atoms with Gasteiger partial charge in [0, 0.05) is 0 Å². The third-order valence-corrected chi connectivity index (χ3v) is 9.88. The molecule has 0 aromatic heterocycles. The molecule has 0 N–H and O–H groups in total. The molecule has 0 spiro atoms. The van der Waals surface area contributed by atoms with Crippen LogP contribution in [0.2, 0.25) is 0 Å². The Bertz CT molecular complexity index is 1180. The number of hydrogen-bond acceptors (Lipinski definition) is 7. The van der Waals surface area contributed by atoms with Crippen LogP contribution in [0.5, 0.6) is 0 Å². The molecule has 0 radical (unpaired) electrons. The van der Waals surface area contributed by atoms with Gasteiger partial charge < -0.3 is 14.0 Å². The number of esters is 2. The molecule has 0 unspecified atom stereocenters. The van der Waals surface area contributed by atoms with Crippen molar-refractivity contribution >= 4 is 22.1 Å². The van der Waals surface area contributed by atoms with Gasteiger partial charge in [-0.25, -0.2) is 18.0 Å². The van der Waals surface area contributed by atoms with E-state index in [1.165, 1.54) is 128 Å². The molecule has 7 nitrogen and oxygen atoms in total. The predicted molar refractivity (Wildman–Crippen MR) is 205 cm³/mol. The van der Waals surface area contributed by atoms with Crippen molar-refractivity contribution in [2.24, 2.45) is 0 Å². The Morgan fingerprint density at radius 2 is 0.902 bits per heavy atom. The fourth-order valence-corrected chi connectivity index (χ4v) is 6.63. The maximum atomic E-state index is 13.0. The average molecular weight is 741 g/mol. The summed E-state index contributed by atoms with van der Waals surface area (Å²) in [6.07, 6.45) is 39.1. The molecule has 0 aliphatic carbocycles. The number of carbonyl (C=O) groups excluding carboxylic acids is 2. The summed E-state index contributed by atoms with van der Waals surface area (Å²) in [7, 11) is -5.02. The maximum absolute atomic E-state index is 13.0. The van der Waals surface area contributed by atoms with Crippen LogP contribution in [0.1, 0.15) is 202 Å². The van der Waals surface area contributed by atoms with Crippen molar-refractivity contribution in [3.05, 3.63) is 53.6 Å². The first-order chi connectivity index (χ1) is 24.3. The normalized spacial score (nSPS) is 11.7. The standard InChI is InChI=1S/C42H70O7S.Na/c1-3-5-7-9-11-13-15-17-19-21-23-25-27-29-31-36-48-41(43)38-34-33-35-39(50(45,46)47)40(38)42(44)49-37-32-30-28-26-24-22-20-18-16-14-12-10-8-6-4-2;/h23-26,33-35H,3-22,27-32,36-37H2,1-2H3,(H,45,46,47);/q;+1/p-1/b25-23+,26-24+;. The molecule has 0 heterocycles. The second-order valence-electron chi connectivity index (χ2n) is 13.6. The van der Waals surface area contributed by atoms with Gasteiger partial charge in [-0.1, -0.05) is 147 Å². The quantitative estimate of drug-likeness (QED) is 0.0232. The minimum atomic E-state index is -5.02. The number of unbranched alkanes of at least 4 members (excludes halogenated alkanes) is 22. The van der Waals surface area contributed by atoms with Crippen LogP contribution in [0.4, 0.5) is 0 Å². The van der Waals surface area contributed by atoms with Crippen LogP contribution in [0, 0.1) is 0 Å². The van der Waals surface area contributed by atoms with Gasteiger partial charge in [0.05, 0.1) is 29.2 Å². The molecule has 9 heteroatoms. The first kappa shape index (κ1) is 49.6. The first-order valence-corrected chi connectivity index (χ1v) is 21.5. The van der Waals surface area contributed by atoms with Crippen LogP contribution in [-0.4, -0.2) is 38.1 Å². The van der Waals surface area contributed by atoms with Gasteiger partial charge in [-0.2, -0.15) is 0 Å². The third kappa shape index (κ3) is 26.9. The van der Waals surface area contributed by atoms with E-state index < -0.39 is 32.5 Å². The van der Waals surface area contributed by atoms with Gasteiger partial charge in [-0.05, 0) is 76.3 Å². The molecule has 0 fully saturated rings. The number of allylic oxidation sites excluding steroid dienone is 4. The molecule has 0 atom stereocenters. The molecule has 0 amide bonds. The van der Waals surface area contributed by atoms with Crippen molar-refractivity contribution in [3.63, 3.8) is 0 Å². The largest absolute Gasteiger partial charge is 1.00 e. The summed E-state index contributed by atoms with van der Waals surface area (Å²) < 4.78 is 46.5. The SMILES string of the molecule is CCCCCCCCCCC/C=C/CCCCOC(=O)c1cccc(S(=O)(=O)[O-])c1C(=O)OCCCC/C=C/CCCCCCCCCCC.[Na+]. The molecule has 0 saturated carbocycles. The van der Waals surface area contributed by atoms with Gasteiger partial charge >= 0.3 is 41.5 Å². The smallest absolute Gasteiger partial charge is 0.744 e. The Hall–Kier alpha value is -1.45. The van der Waals surface area contributed by atoms with Crippen LogP contribution in [-0.2, 0) is 19.6 Å². The topological polar surface area (TPSA) is 110 Å². The van der Waals surface area contributed by atoms with Crippen molar-refractivity contribution in [1.82, 2.24) is 0 Å². The molecule has 1 aromatic rings. The summed E-state index contributed by atoms with van der Waals surface area (Å²) in [6, 6.07) is 3.58. The van der Waals surface area contributed by atoms with E-state index in [1.807, 2.05) is 0 Å². The molecule has 0 saturated heterocycles. The zero-order valence-electron chi connectivity index (χ0n) is 32.6. The summed E-state index contributed by atoms with van der Waals surface area (Å²) in [5.74, 6) is -1.86. The summed E-state index contributed by atoms with van der Waals surface area (Å²) in [5.41, 5.74) is -0.819. The minimum absolute atomic E-state index is 0. The van der Waals surface area contributed by atoms with Crippen molar-refractivity contribution in [2.75, 3.05) is 13.2 Å². The van der Waals surface area contributed by atoms with Crippen LogP contribution < -0.4 is 29.6 Å². The van der Waals surface area contributed by atoms with Gasteiger partial charge in [0.2, 0.25) is 0 Å². The average Bonchev–Trinajstić information content (AvgIpc) is 3.10. The Labute approximate surface area is 334 Å². The van der Waals surface area contributed by atoms with E-state index in [4.69, 9.17) is 9.47 Å². The van der Waals surface area contributed by atoms with E-state index in [2.05, 4.69) is 38.2 Å². The van der Waals surface area contributed by atoms with Crippen LogP contribution in [0.15, 0.2) is 47.4 Å². The number of benzene rings is 1. The fourth-order valence-electron chi connectivity index (χ4n) is 5.95. The van der Waals surface area contributed by atoms with Gasteiger partial charge in [-0.3, -0.25) is 0 Å². The second-order valence-corrected chi connectivity index (χ2v) is 14.9. The van der Waals surface area contributed by atoms with Crippen molar-refractivity contribution in [1.29, 1.82) is 0 Å². The summed E-state index contributed by atoms with van der Waals surface area (Å²) in [4.78, 5) is 25.1. The van der Waals surface area contributed by atoms with Gasteiger partial charge in [0.1, 0.15) is 10.1 Å². The van der Waals surface area contributed by atoms with Crippen molar-refractivity contribution < 1.29 is 61.6 Å². The molecule has 1 rings (SSSR count). The molecule has 0 aliphatic heterocycles. The van der Waals surface area contributed by atoms with Crippen molar-refractivity contribution in [3.8, 4) is 0 Å². The van der Waals surface area contributed by atoms with Crippen LogP contribution in [0.25, 0.3) is 0 Å². The Balaban J connectivity index is 0.0000250. The fraction of sp³-hybridized carbons (Fsp3) is 0.714. The van der Waals surface area contributed by atoms with Gasteiger partial charge in [-0.15, -0.1) is 0 Å². The summed E-state index contributed by atoms with van der Waals surface area (Å²) in [6.45, 7) is 4.67. The second kappa shape index (κ2) is 34.3. The van der Waals surface area contributed by atoms with E-state index in [0.29, 0.717) is 12.8 Å². The van der Waals surface area contributed by atoms with Crippen molar-refractivity contribution in [2.45, 2.75) is 186 Å². The van der Waals surface area contributed by atoms with Gasteiger partial charge in [0.25, 0.3) is 0 Å². The molecule has 0 bridgehead atoms. The molecule has 286 valence electrons. The summed E-state index contributed by atoms with van der Waals surface area (Å²) in [5, 5.41) is 0. The van der Waals surface area contributed by atoms with E-state index >= 15 is 0 Å². The van der Waals surface area contributed by atoms with E-state index in [-0.39, 0.29) is 48.3 Å². The predicted octanol–water partition coefficient (Wildman–Crippen LogP) is 9.20. The van der Waals surface area contributed by atoms with E-state index in [1.54, 1.807) is 0 Å². The zero-order chi connectivity index (χ0) is 36.5. The monoisotopic (exact) mass is 740 g/mol. The molecule has 51 heavy (non-hydrogen) atoms. The third-order valence-electron chi connectivity index (χ3n) is 9.00. The number of ether oxygens (including phenoxy) is 2. The molecule has 1 aromatic carbocycles. The number of carbonyl (C=O) groups is 2. The zero-order valence-corrected chi connectivity index (χ0v) is 35.4. The summed E-state index contributed by atoms with van der Waals surface area (Å²) >= 11 is 0. The maximum Gasteiger partial charge on any atom is 1.00 e. The van der Waals surface area contributed by atoms with Gasteiger partial charge in [0.15, 0.2) is 0 Å². The molecule has 0 aliphatic rings. The number of rotatable bonds is 33. The Morgan fingerprint density at radius 3 is 1.29 bits per heavy atom. The van der Waals surface area contributed by atoms with E-state index in [0.717, 1.165) is 44.6 Å². The minimum Gasteiger partial charge on any atom is -0.744 e. The Kier molecular flexibility index (Phi) is 33.4. The van der Waals surface area contributed by atoms with E-state index in [9.17, 15) is 22.6 Å².